The van der Waals surface area contributed by atoms with Gasteiger partial charge in [-0.2, -0.15) is 0 Å². The second-order valence-electron chi connectivity index (χ2n) is 7.50. The normalized spacial score (nSPS) is 10.7. The number of nitrogens with one attached hydrogen (secondary N) is 2. The Kier molecular flexibility index (Phi) is 8.11. The van der Waals surface area contributed by atoms with E-state index in [1.807, 2.05) is 60.0 Å². The number of methoxy groups -OCH3 is 1. The van der Waals surface area contributed by atoms with Gasteiger partial charge >= 0.3 is 0 Å². The number of nitrogens with zero attached hydrogens (tertiary/aromatic N) is 4. The number of rotatable bonds is 10. The summed E-state index contributed by atoms with van der Waals surface area (Å²) in [6.45, 7) is 0.243. The first-order chi connectivity index (χ1) is 17.0. The topological polar surface area (TPSA) is 111 Å². The number of hydrogen-bond acceptors (Lipinski definition) is 8. The zero-order chi connectivity index (χ0) is 24.6. The fourth-order valence-electron chi connectivity index (χ4n) is 3.15. The molecule has 0 bridgehead atoms. The minimum Gasteiger partial charge on any atom is -0.497 e. The first kappa shape index (κ1) is 24.4. The average molecular weight is 509 g/mol. The summed E-state index contributed by atoms with van der Waals surface area (Å²) in [5.41, 5.74) is 2.71. The van der Waals surface area contributed by atoms with Crippen molar-refractivity contribution in [1.82, 2.24) is 25.1 Å². The van der Waals surface area contributed by atoms with Crippen molar-refractivity contribution in [2.75, 3.05) is 18.2 Å². The van der Waals surface area contributed by atoms with Crippen LogP contribution < -0.4 is 15.4 Å². The molecule has 0 radical (unpaired) electrons. The van der Waals surface area contributed by atoms with E-state index in [9.17, 15) is 9.59 Å². The summed E-state index contributed by atoms with van der Waals surface area (Å²) in [4.78, 5) is 29.1. The van der Waals surface area contributed by atoms with Gasteiger partial charge in [-0.3, -0.25) is 9.59 Å². The highest BCUT2D eigenvalue weighted by atomic mass is 32.2. The summed E-state index contributed by atoms with van der Waals surface area (Å²) in [7, 11) is 3.41. The number of aromatic nitrogens is 4. The molecule has 11 heteroatoms. The average Bonchev–Trinajstić information content (AvgIpc) is 3.49. The lowest BCUT2D eigenvalue weighted by Gasteiger charge is -2.07. The van der Waals surface area contributed by atoms with Gasteiger partial charge in [0.15, 0.2) is 16.1 Å². The Morgan fingerprint density at radius 1 is 1.06 bits per heavy atom. The van der Waals surface area contributed by atoms with E-state index in [0.29, 0.717) is 16.1 Å². The SMILES string of the molecule is COc1ccc(CC(=O)NCc2nnc(SCC(=O)Nc3nc(-c4ccccc4)cs3)n2C)cc1. The Morgan fingerprint density at radius 2 is 1.83 bits per heavy atom. The van der Waals surface area contributed by atoms with Gasteiger partial charge in [0.2, 0.25) is 11.8 Å². The molecule has 35 heavy (non-hydrogen) atoms. The van der Waals surface area contributed by atoms with Crippen LogP contribution in [0, 0.1) is 0 Å². The lowest BCUT2D eigenvalue weighted by Crippen LogP contribution is -2.26. The van der Waals surface area contributed by atoms with Crippen LogP contribution in [0.5, 0.6) is 5.75 Å². The molecule has 2 heterocycles. The molecule has 0 saturated heterocycles. The zero-order valence-corrected chi connectivity index (χ0v) is 20.9. The van der Waals surface area contributed by atoms with Gasteiger partial charge in [0.25, 0.3) is 0 Å². The second kappa shape index (κ2) is 11.6. The summed E-state index contributed by atoms with van der Waals surface area (Å²) in [6, 6.07) is 17.2. The number of carbonyl (C=O) groups is 2. The quantitative estimate of drug-likeness (QED) is 0.315. The maximum atomic E-state index is 12.4. The molecular weight excluding hydrogens is 484 g/mol. The van der Waals surface area contributed by atoms with Crippen molar-refractivity contribution < 1.29 is 14.3 Å². The van der Waals surface area contributed by atoms with Gasteiger partial charge in [-0.25, -0.2) is 4.98 Å². The van der Waals surface area contributed by atoms with E-state index in [1.54, 1.807) is 18.7 Å². The third-order valence-corrected chi connectivity index (χ3v) is 6.82. The molecule has 0 atom stereocenters. The van der Waals surface area contributed by atoms with Crippen LogP contribution in [0.3, 0.4) is 0 Å². The molecular formula is C24H24N6O3S2. The molecule has 0 spiro atoms. The van der Waals surface area contributed by atoms with Crippen LogP contribution in [0.1, 0.15) is 11.4 Å². The smallest absolute Gasteiger partial charge is 0.236 e. The number of carbonyl (C=O) groups excluding carboxylic acids is 2. The van der Waals surface area contributed by atoms with Crippen molar-refractivity contribution in [3.05, 3.63) is 71.4 Å². The standard InChI is InChI=1S/C24H24N6O3S2/c1-30-20(13-25-21(31)12-16-8-10-18(33-2)11-9-16)28-29-24(30)35-15-22(32)27-23-26-19(14-34-23)17-6-4-3-5-7-17/h3-11,14H,12-13,15H2,1-2H3,(H,25,31)(H,26,27,32). The number of ether oxygens (including phenoxy) is 1. The molecule has 2 N–H and O–H groups in total. The molecule has 0 aliphatic heterocycles. The van der Waals surface area contributed by atoms with E-state index >= 15 is 0 Å². The zero-order valence-electron chi connectivity index (χ0n) is 19.2. The number of anilines is 1. The van der Waals surface area contributed by atoms with Crippen LogP contribution in [-0.4, -0.2) is 44.4 Å². The Bertz CT molecular complexity index is 1290. The van der Waals surface area contributed by atoms with E-state index in [4.69, 9.17) is 4.74 Å². The minimum absolute atomic E-state index is 0.120. The molecule has 2 aromatic carbocycles. The molecule has 4 rings (SSSR count). The van der Waals surface area contributed by atoms with Gasteiger partial charge in [-0.15, -0.1) is 21.5 Å². The number of hydrogen-bond donors (Lipinski definition) is 2. The highest BCUT2D eigenvalue weighted by molar-refractivity contribution is 7.99. The van der Waals surface area contributed by atoms with E-state index in [2.05, 4.69) is 25.8 Å². The molecule has 0 aliphatic carbocycles. The van der Waals surface area contributed by atoms with E-state index in [0.717, 1.165) is 22.6 Å². The van der Waals surface area contributed by atoms with E-state index in [1.165, 1.54) is 23.1 Å². The van der Waals surface area contributed by atoms with Crippen LogP contribution in [0.15, 0.2) is 65.1 Å². The largest absolute Gasteiger partial charge is 0.497 e. The monoisotopic (exact) mass is 508 g/mol. The van der Waals surface area contributed by atoms with Crippen molar-refractivity contribution in [1.29, 1.82) is 0 Å². The minimum atomic E-state index is -0.179. The fraction of sp³-hybridized carbons (Fsp3) is 0.208. The predicted molar refractivity (Wildman–Crippen MR) is 136 cm³/mol. The number of benzene rings is 2. The van der Waals surface area contributed by atoms with Crippen LogP contribution in [0.25, 0.3) is 11.3 Å². The maximum absolute atomic E-state index is 12.4. The van der Waals surface area contributed by atoms with Gasteiger partial charge in [0.05, 0.1) is 31.5 Å². The molecule has 0 aliphatic rings. The predicted octanol–water partition coefficient (Wildman–Crippen LogP) is 3.54. The van der Waals surface area contributed by atoms with Crippen molar-refractivity contribution in [2.24, 2.45) is 7.05 Å². The molecule has 0 fully saturated rings. The van der Waals surface area contributed by atoms with Crippen LogP contribution in [0.2, 0.25) is 0 Å². The Balaban J connectivity index is 1.24. The van der Waals surface area contributed by atoms with Crippen molar-refractivity contribution in [3.8, 4) is 17.0 Å². The molecule has 2 amide bonds. The van der Waals surface area contributed by atoms with Crippen molar-refractivity contribution in [2.45, 2.75) is 18.1 Å². The highest BCUT2D eigenvalue weighted by Gasteiger charge is 2.14. The summed E-state index contributed by atoms with van der Waals surface area (Å²) in [5, 5.41) is 17.0. The van der Waals surface area contributed by atoms with Crippen molar-refractivity contribution >= 4 is 40.0 Å². The lowest BCUT2D eigenvalue weighted by molar-refractivity contribution is -0.120. The van der Waals surface area contributed by atoms with Gasteiger partial charge in [-0.1, -0.05) is 54.2 Å². The summed E-state index contributed by atoms with van der Waals surface area (Å²) in [5.74, 6) is 1.21. The van der Waals surface area contributed by atoms with Gasteiger partial charge in [0.1, 0.15) is 5.75 Å². The molecule has 180 valence electrons. The number of thiazole rings is 1. The summed E-state index contributed by atoms with van der Waals surface area (Å²) < 4.78 is 6.90. The Morgan fingerprint density at radius 3 is 2.57 bits per heavy atom. The van der Waals surface area contributed by atoms with Crippen molar-refractivity contribution in [3.63, 3.8) is 0 Å². The van der Waals surface area contributed by atoms with E-state index < -0.39 is 0 Å². The van der Waals surface area contributed by atoms with Crippen LogP contribution in [-0.2, 0) is 29.6 Å². The van der Waals surface area contributed by atoms with Crippen LogP contribution >= 0.6 is 23.1 Å². The fourth-order valence-corrected chi connectivity index (χ4v) is 4.62. The Labute approximate surface area is 211 Å². The Hall–Kier alpha value is -3.70. The third-order valence-electron chi connectivity index (χ3n) is 5.04. The molecule has 0 saturated carbocycles. The lowest BCUT2D eigenvalue weighted by atomic mass is 10.1. The summed E-state index contributed by atoms with van der Waals surface area (Å²) >= 11 is 2.65. The van der Waals surface area contributed by atoms with E-state index in [-0.39, 0.29) is 30.5 Å². The molecule has 4 aromatic rings. The first-order valence-electron chi connectivity index (χ1n) is 10.7. The number of amides is 2. The van der Waals surface area contributed by atoms with Gasteiger partial charge in [-0.05, 0) is 17.7 Å². The second-order valence-corrected chi connectivity index (χ2v) is 9.30. The van der Waals surface area contributed by atoms with Crippen LogP contribution in [0.4, 0.5) is 5.13 Å². The first-order valence-corrected chi connectivity index (χ1v) is 12.6. The number of thioether (sulfide) groups is 1. The molecule has 2 aromatic heterocycles. The maximum Gasteiger partial charge on any atom is 0.236 e. The highest BCUT2D eigenvalue weighted by Crippen LogP contribution is 2.25. The van der Waals surface area contributed by atoms with Gasteiger partial charge in [0, 0.05) is 18.0 Å². The molecule has 0 unspecified atom stereocenters. The summed E-state index contributed by atoms with van der Waals surface area (Å²) in [6.07, 6.45) is 0.256. The molecule has 9 nitrogen and oxygen atoms in total. The third kappa shape index (κ3) is 6.67. The van der Waals surface area contributed by atoms with Gasteiger partial charge < -0.3 is 19.9 Å².